The van der Waals surface area contributed by atoms with Crippen LogP contribution in [0.25, 0.3) is 0 Å². The Balaban J connectivity index is 1.47. The number of benzene rings is 1. The number of hydrogen-bond donors (Lipinski definition) is 3. The SMILES string of the molecule is COc1cc(C2CCN(C)CC2)c(Cl)cc1C1CC(Nc2cnc(C#N)cn2)NN1. The molecule has 2 aromatic rings. The van der Waals surface area contributed by atoms with E-state index in [0.717, 1.165) is 48.7 Å². The van der Waals surface area contributed by atoms with Crippen molar-refractivity contribution in [2.75, 3.05) is 32.6 Å². The average molecular weight is 428 g/mol. The second-order valence-corrected chi connectivity index (χ2v) is 8.27. The highest BCUT2D eigenvalue weighted by atomic mass is 35.5. The molecule has 3 N–H and O–H groups in total. The van der Waals surface area contributed by atoms with E-state index in [1.54, 1.807) is 13.3 Å². The van der Waals surface area contributed by atoms with Crippen LogP contribution in [0.4, 0.5) is 5.82 Å². The molecule has 4 rings (SSSR count). The van der Waals surface area contributed by atoms with Crippen LogP contribution in [-0.4, -0.2) is 48.3 Å². The summed E-state index contributed by atoms with van der Waals surface area (Å²) < 4.78 is 5.73. The van der Waals surface area contributed by atoms with Crippen LogP contribution < -0.4 is 20.9 Å². The van der Waals surface area contributed by atoms with Gasteiger partial charge in [0.2, 0.25) is 0 Å². The normalized spacial score (nSPS) is 22.6. The van der Waals surface area contributed by atoms with Crippen LogP contribution in [0.2, 0.25) is 5.02 Å². The molecule has 9 heteroatoms. The van der Waals surface area contributed by atoms with Gasteiger partial charge < -0.3 is 15.0 Å². The summed E-state index contributed by atoms with van der Waals surface area (Å²) >= 11 is 6.72. The number of hydrazine groups is 1. The quantitative estimate of drug-likeness (QED) is 0.670. The highest BCUT2D eigenvalue weighted by molar-refractivity contribution is 6.31. The van der Waals surface area contributed by atoms with Crippen LogP contribution in [0.15, 0.2) is 24.5 Å². The van der Waals surface area contributed by atoms with Crippen molar-refractivity contribution in [2.45, 2.75) is 37.4 Å². The summed E-state index contributed by atoms with van der Waals surface area (Å²) in [5, 5.41) is 12.9. The van der Waals surface area contributed by atoms with Crippen LogP contribution in [0.1, 0.15) is 48.0 Å². The van der Waals surface area contributed by atoms with Crippen LogP contribution in [0.5, 0.6) is 5.75 Å². The fourth-order valence-corrected chi connectivity index (χ4v) is 4.49. The highest BCUT2D eigenvalue weighted by Crippen LogP contribution is 2.40. The van der Waals surface area contributed by atoms with Gasteiger partial charge in [-0.25, -0.2) is 20.8 Å². The van der Waals surface area contributed by atoms with Gasteiger partial charge in [0.15, 0.2) is 5.69 Å². The molecule has 2 fully saturated rings. The van der Waals surface area contributed by atoms with Crippen molar-refractivity contribution in [3.8, 4) is 11.8 Å². The van der Waals surface area contributed by atoms with Crippen molar-refractivity contribution in [1.29, 1.82) is 5.26 Å². The number of rotatable bonds is 5. The van der Waals surface area contributed by atoms with E-state index in [2.05, 4.69) is 44.2 Å². The molecular formula is C21H26ClN7O. The maximum absolute atomic E-state index is 8.84. The van der Waals surface area contributed by atoms with E-state index in [4.69, 9.17) is 21.6 Å². The third-order valence-electron chi connectivity index (χ3n) is 5.87. The lowest BCUT2D eigenvalue weighted by molar-refractivity contribution is 0.255. The first kappa shape index (κ1) is 20.8. The van der Waals surface area contributed by atoms with Gasteiger partial charge in [0.1, 0.15) is 17.6 Å². The molecule has 1 aromatic heterocycles. The fraction of sp³-hybridized carbons (Fsp3) is 0.476. The number of ether oxygens (including phenoxy) is 1. The summed E-state index contributed by atoms with van der Waals surface area (Å²) in [6.07, 6.45) is 5.95. The molecule has 8 nitrogen and oxygen atoms in total. The van der Waals surface area contributed by atoms with Gasteiger partial charge in [-0.2, -0.15) is 5.26 Å². The Kier molecular flexibility index (Phi) is 6.35. The van der Waals surface area contributed by atoms with E-state index in [0.29, 0.717) is 17.4 Å². The lowest BCUT2D eigenvalue weighted by Crippen LogP contribution is -2.36. The molecule has 2 atom stereocenters. The van der Waals surface area contributed by atoms with Crippen LogP contribution >= 0.6 is 11.6 Å². The van der Waals surface area contributed by atoms with E-state index >= 15 is 0 Å². The van der Waals surface area contributed by atoms with Crippen LogP contribution in [-0.2, 0) is 0 Å². The first-order valence-electron chi connectivity index (χ1n) is 10.1. The third kappa shape index (κ3) is 4.50. The first-order chi connectivity index (χ1) is 14.6. The number of nitrogens with one attached hydrogen (secondary N) is 3. The Bertz CT molecular complexity index is 922. The van der Waals surface area contributed by atoms with Crippen LogP contribution in [0.3, 0.4) is 0 Å². The molecule has 0 radical (unpaired) electrons. The van der Waals surface area contributed by atoms with Crippen molar-refractivity contribution < 1.29 is 4.74 Å². The fourth-order valence-electron chi connectivity index (χ4n) is 4.16. The number of anilines is 1. The molecule has 2 unspecified atom stereocenters. The zero-order valence-electron chi connectivity index (χ0n) is 17.2. The highest BCUT2D eigenvalue weighted by Gasteiger charge is 2.29. The Morgan fingerprint density at radius 3 is 2.67 bits per heavy atom. The van der Waals surface area contributed by atoms with Gasteiger partial charge in [-0.3, -0.25) is 0 Å². The maximum atomic E-state index is 8.84. The minimum Gasteiger partial charge on any atom is -0.496 e. The van der Waals surface area contributed by atoms with E-state index in [1.807, 2.05) is 12.1 Å². The van der Waals surface area contributed by atoms with Gasteiger partial charge in [-0.1, -0.05) is 11.6 Å². The summed E-state index contributed by atoms with van der Waals surface area (Å²) in [6.45, 7) is 2.18. The van der Waals surface area contributed by atoms with E-state index in [9.17, 15) is 0 Å². The number of aromatic nitrogens is 2. The van der Waals surface area contributed by atoms with Gasteiger partial charge >= 0.3 is 0 Å². The lowest BCUT2D eigenvalue weighted by atomic mass is 9.88. The molecule has 0 aliphatic carbocycles. The smallest absolute Gasteiger partial charge is 0.158 e. The molecule has 2 saturated heterocycles. The predicted molar refractivity (Wildman–Crippen MR) is 115 cm³/mol. The third-order valence-corrected chi connectivity index (χ3v) is 6.20. The number of nitriles is 1. The number of likely N-dealkylation sites (tertiary alicyclic amines) is 1. The zero-order chi connectivity index (χ0) is 21.1. The molecule has 3 heterocycles. The Hall–Kier alpha value is -2.44. The Labute approximate surface area is 181 Å². The summed E-state index contributed by atoms with van der Waals surface area (Å²) in [4.78, 5) is 10.6. The molecule has 0 spiro atoms. The molecule has 0 amide bonds. The van der Waals surface area contributed by atoms with Crippen molar-refractivity contribution >= 4 is 17.4 Å². The van der Waals surface area contributed by atoms with Gasteiger partial charge in [0, 0.05) is 17.0 Å². The zero-order valence-corrected chi connectivity index (χ0v) is 17.9. The van der Waals surface area contributed by atoms with Crippen molar-refractivity contribution in [1.82, 2.24) is 25.7 Å². The molecule has 2 aliphatic rings. The molecule has 30 heavy (non-hydrogen) atoms. The second-order valence-electron chi connectivity index (χ2n) is 7.87. The van der Waals surface area contributed by atoms with Crippen molar-refractivity contribution in [2.24, 2.45) is 0 Å². The van der Waals surface area contributed by atoms with Gasteiger partial charge in [-0.15, -0.1) is 0 Å². The first-order valence-corrected chi connectivity index (χ1v) is 10.5. The minimum absolute atomic E-state index is 0.0350. The predicted octanol–water partition coefficient (Wildman–Crippen LogP) is 2.80. The second kappa shape index (κ2) is 9.14. The molecule has 2 aliphatic heterocycles. The number of methoxy groups -OCH3 is 1. The molecular weight excluding hydrogens is 402 g/mol. The molecule has 1 aromatic carbocycles. The monoisotopic (exact) mass is 427 g/mol. The van der Waals surface area contributed by atoms with Crippen LogP contribution in [0, 0.1) is 11.3 Å². The molecule has 0 saturated carbocycles. The average Bonchev–Trinajstić information content (AvgIpc) is 3.23. The Morgan fingerprint density at radius 2 is 2.00 bits per heavy atom. The lowest BCUT2D eigenvalue weighted by Gasteiger charge is -2.30. The standard InChI is InChI=1S/C21H26ClN7O/c1-29-5-3-13(4-6-29)15-8-19(30-2)16(7-17(15)22)18-9-20(28-27-18)26-21-12-24-14(10-23)11-25-21/h7-8,11-13,18,20,27-28H,3-6,9H2,1-2H3,(H,25,26). The number of nitrogens with zero attached hydrogens (tertiary/aromatic N) is 4. The molecule has 158 valence electrons. The topological polar surface area (TPSA) is 98.1 Å². The summed E-state index contributed by atoms with van der Waals surface area (Å²) in [5.74, 6) is 1.93. The van der Waals surface area contributed by atoms with Crippen molar-refractivity contribution in [3.05, 3.63) is 46.4 Å². The number of piperidine rings is 1. The minimum atomic E-state index is -0.0470. The van der Waals surface area contributed by atoms with E-state index < -0.39 is 0 Å². The Morgan fingerprint density at radius 1 is 1.20 bits per heavy atom. The number of halogens is 1. The van der Waals surface area contributed by atoms with Gasteiger partial charge in [0.25, 0.3) is 0 Å². The summed E-state index contributed by atoms with van der Waals surface area (Å²) in [5.41, 5.74) is 9.05. The largest absolute Gasteiger partial charge is 0.496 e. The van der Waals surface area contributed by atoms with E-state index in [-0.39, 0.29) is 12.2 Å². The van der Waals surface area contributed by atoms with Crippen molar-refractivity contribution in [3.63, 3.8) is 0 Å². The summed E-state index contributed by atoms with van der Waals surface area (Å²) in [7, 11) is 3.86. The van der Waals surface area contributed by atoms with E-state index in [1.165, 1.54) is 11.8 Å². The van der Waals surface area contributed by atoms with Gasteiger partial charge in [-0.05, 0) is 56.6 Å². The maximum Gasteiger partial charge on any atom is 0.158 e. The number of hydrogen-bond acceptors (Lipinski definition) is 8. The summed E-state index contributed by atoms with van der Waals surface area (Å²) in [6, 6.07) is 6.15. The molecule has 0 bridgehead atoms. The van der Waals surface area contributed by atoms with Gasteiger partial charge in [0.05, 0.1) is 31.7 Å².